The Labute approximate surface area is 74.4 Å². The minimum atomic E-state index is -0.125. The molecule has 0 saturated carbocycles. The Bertz CT molecular complexity index is 489. The molecule has 0 fully saturated rings. The van der Waals surface area contributed by atoms with Crippen LogP contribution in [0.25, 0.3) is 10.9 Å². The molecule has 66 valence electrons. The molecular weight excluding hydrogens is 166 g/mol. The van der Waals surface area contributed by atoms with Crippen LogP contribution in [0.1, 0.15) is 5.56 Å². The molecule has 4 heteroatoms. The van der Waals surface area contributed by atoms with Crippen LogP contribution in [0.2, 0.25) is 0 Å². The van der Waals surface area contributed by atoms with Crippen LogP contribution in [0.15, 0.2) is 29.3 Å². The number of nitrogens with one attached hydrogen (secondary N) is 1. The zero-order valence-corrected chi connectivity index (χ0v) is 6.95. The first-order valence-electron chi connectivity index (χ1n) is 3.97. The Morgan fingerprint density at radius 2 is 2.31 bits per heavy atom. The topological polar surface area (TPSA) is 71.8 Å². The molecule has 0 amide bonds. The van der Waals surface area contributed by atoms with Gasteiger partial charge in [-0.25, -0.2) is 4.98 Å². The summed E-state index contributed by atoms with van der Waals surface area (Å²) in [4.78, 5) is 17.8. The van der Waals surface area contributed by atoms with Crippen LogP contribution in [0.4, 0.5) is 0 Å². The summed E-state index contributed by atoms with van der Waals surface area (Å²) in [5.41, 5.74) is 6.96. The maximum atomic E-state index is 11.3. The van der Waals surface area contributed by atoms with Gasteiger partial charge in [0.2, 0.25) is 0 Å². The van der Waals surface area contributed by atoms with Crippen molar-refractivity contribution in [3.05, 3.63) is 40.4 Å². The van der Waals surface area contributed by atoms with Gasteiger partial charge in [0.25, 0.3) is 5.56 Å². The lowest BCUT2D eigenvalue weighted by Crippen LogP contribution is -2.07. The number of hydrogen-bond acceptors (Lipinski definition) is 3. The third-order valence-corrected chi connectivity index (χ3v) is 1.94. The van der Waals surface area contributed by atoms with Gasteiger partial charge in [-0.15, -0.1) is 0 Å². The fraction of sp³-hybridized carbons (Fsp3) is 0.111. The number of nitrogens with zero attached hydrogens (tertiary/aromatic N) is 1. The molecule has 3 N–H and O–H groups in total. The van der Waals surface area contributed by atoms with E-state index < -0.39 is 0 Å². The van der Waals surface area contributed by atoms with Crippen LogP contribution in [-0.4, -0.2) is 9.97 Å². The molecule has 1 heterocycles. The number of benzene rings is 1. The number of hydrogen-bond donors (Lipinski definition) is 2. The van der Waals surface area contributed by atoms with Gasteiger partial charge >= 0.3 is 0 Å². The smallest absolute Gasteiger partial charge is 0.258 e. The third-order valence-electron chi connectivity index (χ3n) is 1.94. The summed E-state index contributed by atoms with van der Waals surface area (Å²) >= 11 is 0. The number of H-pyrrole nitrogens is 1. The summed E-state index contributed by atoms with van der Waals surface area (Å²) in [7, 11) is 0. The van der Waals surface area contributed by atoms with E-state index in [1.807, 2.05) is 6.07 Å². The summed E-state index contributed by atoms with van der Waals surface area (Å²) in [5, 5.41) is 0.588. The van der Waals surface area contributed by atoms with E-state index in [0.717, 1.165) is 5.56 Å². The van der Waals surface area contributed by atoms with E-state index in [9.17, 15) is 4.79 Å². The second-order valence-corrected chi connectivity index (χ2v) is 2.79. The Hall–Kier alpha value is -1.68. The molecule has 0 radical (unpaired) electrons. The highest BCUT2D eigenvalue weighted by Gasteiger charge is 1.99. The van der Waals surface area contributed by atoms with Crippen molar-refractivity contribution in [2.45, 2.75) is 6.54 Å². The first-order chi connectivity index (χ1) is 6.31. The lowest BCUT2D eigenvalue weighted by molar-refractivity contribution is 1.07. The van der Waals surface area contributed by atoms with Crippen LogP contribution in [0.5, 0.6) is 0 Å². The second-order valence-electron chi connectivity index (χ2n) is 2.79. The summed E-state index contributed by atoms with van der Waals surface area (Å²) in [6, 6.07) is 5.43. The Morgan fingerprint density at radius 1 is 1.46 bits per heavy atom. The van der Waals surface area contributed by atoms with Gasteiger partial charge in [0.05, 0.1) is 17.2 Å². The van der Waals surface area contributed by atoms with E-state index in [1.165, 1.54) is 6.33 Å². The highest BCUT2D eigenvalue weighted by atomic mass is 16.1. The van der Waals surface area contributed by atoms with Gasteiger partial charge in [0, 0.05) is 6.54 Å². The maximum absolute atomic E-state index is 11.3. The largest absolute Gasteiger partial charge is 0.326 e. The second kappa shape index (κ2) is 2.99. The molecule has 0 saturated heterocycles. The van der Waals surface area contributed by atoms with Crippen molar-refractivity contribution in [1.82, 2.24) is 9.97 Å². The zero-order valence-electron chi connectivity index (χ0n) is 6.95. The zero-order chi connectivity index (χ0) is 9.26. The molecule has 0 atom stereocenters. The average Bonchev–Trinajstić information content (AvgIpc) is 2.18. The molecule has 0 aliphatic carbocycles. The van der Waals surface area contributed by atoms with Gasteiger partial charge in [-0.1, -0.05) is 6.07 Å². The monoisotopic (exact) mass is 175 g/mol. The third kappa shape index (κ3) is 1.31. The molecule has 1 aromatic heterocycles. The molecule has 1 aromatic carbocycles. The number of nitrogens with two attached hydrogens (primary N) is 1. The molecule has 0 spiro atoms. The van der Waals surface area contributed by atoms with E-state index in [0.29, 0.717) is 17.4 Å². The fourth-order valence-corrected chi connectivity index (χ4v) is 1.24. The Balaban J connectivity index is 2.82. The number of aromatic nitrogens is 2. The van der Waals surface area contributed by atoms with E-state index in [1.54, 1.807) is 12.1 Å². The molecule has 0 bridgehead atoms. The summed E-state index contributed by atoms with van der Waals surface area (Å²) in [5.74, 6) is 0. The fourth-order valence-electron chi connectivity index (χ4n) is 1.24. The first kappa shape index (κ1) is 7.94. The van der Waals surface area contributed by atoms with Gasteiger partial charge in [0.15, 0.2) is 0 Å². The Morgan fingerprint density at radius 3 is 3.08 bits per heavy atom. The summed E-state index contributed by atoms with van der Waals surface area (Å²) in [6.45, 7) is 0.435. The lowest BCUT2D eigenvalue weighted by atomic mass is 10.1. The van der Waals surface area contributed by atoms with Crippen LogP contribution >= 0.6 is 0 Å². The highest BCUT2D eigenvalue weighted by Crippen LogP contribution is 2.08. The van der Waals surface area contributed by atoms with Gasteiger partial charge < -0.3 is 10.7 Å². The highest BCUT2D eigenvalue weighted by molar-refractivity contribution is 5.77. The molecule has 0 aliphatic heterocycles. The minimum Gasteiger partial charge on any atom is -0.326 e. The van der Waals surface area contributed by atoms with Crippen molar-refractivity contribution in [2.75, 3.05) is 0 Å². The van der Waals surface area contributed by atoms with Crippen LogP contribution in [0, 0.1) is 0 Å². The van der Waals surface area contributed by atoms with Crippen LogP contribution in [0.3, 0.4) is 0 Å². The maximum Gasteiger partial charge on any atom is 0.258 e. The number of aromatic amines is 1. The minimum absolute atomic E-state index is 0.125. The van der Waals surface area contributed by atoms with Gasteiger partial charge in [-0.3, -0.25) is 4.79 Å². The predicted octanol–water partition coefficient (Wildman–Crippen LogP) is 0.382. The molecular formula is C9H9N3O. The normalized spacial score (nSPS) is 10.5. The van der Waals surface area contributed by atoms with E-state index in [2.05, 4.69) is 9.97 Å². The summed E-state index contributed by atoms with van der Waals surface area (Å²) < 4.78 is 0. The number of rotatable bonds is 1. The van der Waals surface area contributed by atoms with Gasteiger partial charge in [0.1, 0.15) is 0 Å². The van der Waals surface area contributed by atoms with Crippen molar-refractivity contribution < 1.29 is 0 Å². The SMILES string of the molecule is NCc1ccc2nc[nH]c(=O)c2c1. The van der Waals surface area contributed by atoms with Gasteiger partial charge in [-0.05, 0) is 17.7 Å². The van der Waals surface area contributed by atoms with Crippen molar-refractivity contribution in [1.29, 1.82) is 0 Å². The van der Waals surface area contributed by atoms with Crippen molar-refractivity contribution in [2.24, 2.45) is 5.73 Å². The summed E-state index contributed by atoms with van der Waals surface area (Å²) in [6.07, 6.45) is 1.40. The van der Waals surface area contributed by atoms with Crippen molar-refractivity contribution in [3.8, 4) is 0 Å². The van der Waals surface area contributed by atoms with Crippen LogP contribution in [-0.2, 0) is 6.54 Å². The first-order valence-corrected chi connectivity index (χ1v) is 3.97. The average molecular weight is 175 g/mol. The number of fused-ring (bicyclic) bond motifs is 1. The van der Waals surface area contributed by atoms with Crippen molar-refractivity contribution >= 4 is 10.9 Å². The molecule has 2 aromatic rings. The van der Waals surface area contributed by atoms with E-state index >= 15 is 0 Å². The van der Waals surface area contributed by atoms with Gasteiger partial charge in [-0.2, -0.15) is 0 Å². The standard InChI is InChI=1S/C9H9N3O/c10-4-6-1-2-8-7(3-6)9(13)12-5-11-8/h1-3,5H,4,10H2,(H,11,12,13). The van der Waals surface area contributed by atoms with E-state index in [4.69, 9.17) is 5.73 Å². The molecule has 0 aliphatic rings. The molecule has 4 nitrogen and oxygen atoms in total. The Kier molecular flexibility index (Phi) is 1.83. The molecule has 2 rings (SSSR count). The quantitative estimate of drug-likeness (QED) is 0.658. The van der Waals surface area contributed by atoms with E-state index in [-0.39, 0.29) is 5.56 Å². The van der Waals surface area contributed by atoms with Crippen molar-refractivity contribution in [3.63, 3.8) is 0 Å². The predicted molar refractivity (Wildman–Crippen MR) is 50.3 cm³/mol. The lowest BCUT2D eigenvalue weighted by Gasteiger charge is -1.98. The molecule has 13 heavy (non-hydrogen) atoms. The van der Waals surface area contributed by atoms with Crippen LogP contribution < -0.4 is 11.3 Å². The molecule has 0 unspecified atom stereocenters.